The fourth-order valence-electron chi connectivity index (χ4n) is 6.57. The van der Waals surface area contributed by atoms with Crippen LogP contribution < -0.4 is 0 Å². The fourth-order valence-corrected chi connectivity index (χ4v) is 6.57. The number of esters is 1. The van der Waals surface area contributed by atoms with Gasteiger partial charge in [-0.3, -0.25) is 14.4 Å². The van der Waals surface area contributed by atoms with Gasteiger partial charge in [-0.2, -0.15) is 0 Å². The molecule has 11 nitrogen and oxygen atoms in total. The summed E-state index contributed by atoms with van der Waals surface area (Å²) in [5, 5.41) is 32.3. The zero-order valence-electron chi connectivity index (χ0n) is 26.3. The van der Waals surface area contributed by atoms with E-state index in [4.69, 9.17) is 18.9 Å². The Bertz CT molecular complexity index is 987. The van der Waals surface area contributed by atoms with E-state index < -0.39 is 66.0 Å². The second-order valence-electron chi connectivity index (χ2n) is 13.1. The van der Waals surface area contributed by atoms with Gasteiger partial charge in [0.15, 0.2) is 12.1 Å². The summed E-state index contributed by atoms with van der Waals surface area (Å²) in [4.78, 5) is 40.2. The summed E-state index contributed by atoms with van der Waals surface area (Å²) in [6, 6.07) is -0.272. The molecular formula is C31H51NO10. The molecule has 3 rings (SSSR count). The minimum Gasteiger partial charge on any atom is -0.481 e. The van der Waals surface area contributed by atoms with Crippen LogP contribution in [0.1, 0.15) is 73.6 Å². The predicted molar refractivity (Wildman–Crippen MR) is 153 cm³/mol. The molecule has 42 heavy (non-hydrogen) atoms. The van der Waals surface area contributed by atoms with Crippen molar-refractivity contribution in [1.29, 1.82) is 0 Å². The maximum absolute atomic E-state index is 13.2. The SMILES string of the molecule is CCC1OC(=O)CC(O)C(C)C(OC2OC(C)CC(N(C)C)C2O)C(CC(=O)O)CC(C)C(=O)C=CC2(C)OC2C1C. The number of allylic oxidation sites excluding steroid dienone is 1. The lowest BCUT2D eigenvalue weighted by Gasteiger charge is -2.44. The van der Waals surface area contributed by atoms with Crippen molar-refractivity contribution in [3.63, 3.8) is 0 Å². The van der Waals surface area contributed by atoms with E-state index >= 15 is 0 Å². The smallest absolute Gasteiger partial charge is 0.308 e. The van der Waals surface area contributed by atoms with Gasteiger partial charge >= 0.3 is 11.9 Å². The van der Waals surface area contributed by atoms with Crippen LogP contribution >= 0.6 is 0 Å². The number of carboxylic acids is 1. The van der Waals surface area contributed by atoms with Crippen molar-refractivity contribution >= 4 is 17.7 Å². The van der Waals surface area contributed by atoms with Crippen molar-refractivity contribution in [2.45, 2.75) is 128 Å². The van der Waals surface area contributed by atoms with Gasteiger partial charge in [-0.05, 0) is 65.3 Å². The van der Waals surface area contributed by atoms with Crippen molar-refractivity contribution in [2.75, 3.05) is 14.1 Å². The number of hydrogen-bond acceptors (Lipinski definition) is 10. The highest BCUT2D eigenvalue weighted by atomic mass is 16.7. The fraction of sp³-hybridized carbons (Fsp3) is 0.839. The average molecular weight is 598 g/mol. The molecule has 13 unspecified atom stereocenters. The quantitative estimate of drug-likeness (QED) is 0.306. The summed E-state index contributed by atoms with van der Waals surface area (Å²) in [5.74, 6) is -4.05. The highest BCUT2D eigenvalue weighted by molar-refractivity contribution is 5.91. The van der Waals surface area contributed by atoms with Gasteiger partial charge < -0.3 is 39.2 Å². The Kier molecular flexibility index (Phi) is 11.7. The number of epoxide rings is 1. The number of aliphatic hydroxyl groups excluding tert-OH is 2. The van der Waals surface area contributed by atoms with Gasteiger partial charge in [-0.1, -0.05) is 27.7 Å². The first kappa shape index (κ1) is 34.6. The lowest BCUT2D eigenvalue weighted by atomic mass is 9.79. The van der Waals surface area contributed by atoms with Crippen molar-refractivity contribution in [3.05, 3.63) is 12.2 Å². The molecule has 3 N–H and O–H groups in total. The number of carbonyl (C=O) groups excluding carboxylic acids is 2. The third-order valence-corrected chi connectivity index (χ3v) is 9.33. The second kappa shape index (κ2) is 14.3. The van der Waals surface area contributed by atoms with Crippen molar-refractivity contribution in [3.8, 4) is 0 Å². The molecule has 0 bridgehead atoms. The molecular weight excluding hydrogens is 546 g/mol. The monoisotopic (exact) mass is 597 g/mol. The molecule has 0 aromatic heterocycles. The Balaban J connectivity index is 1.98. The first-order valence-electron chi connectivity index (χ1n) is 15.2. The molecule has 2 fully saturated rings. The number of nitrogens with zero attached hydrogens (tertiary/aromatic N) is 1. The van der Waals surface area contributed by atoms with Crippen LogP contribution in [0, 0.1) is 23.7 Å². The number of aliphatic hydroxyl groups is 2. The van der Waals surface area contributed by atoms with Crippen LogP contribution in [0.4, 0.5) is 0 Å². The van der Waals surface area contributed by atoms with Crippen molar-refractivity contribution in [2.24, 2.45) is 23.7 Å². The number of rotatable bonds is 6. The number of fused-ring (bicyclic) bond motifs is 1. The molecule has 3 heterocycles. The van der Waals surface area contributed by atoms with Crippen molar-refractivity contribution < 1.29 is 48.7 Å². The van der Waals surface area contributed by atoms with Crippen LogP contribution in [0.25, 0.3) is 0 Å². The van der Waals surface area contributed by atoms with Gasteiger partial charge in [-0.15, -0.1) is 0 Å². The van der Waals surface area contributed by atoms with E-state index in [0.717, 1.165) is 0 Å². The summed E-state index contributed by atoms with van der Waals surface area (Å²) in [6.45, 7) is 11.0. The average Bonchev–Trinajstić information content (AvgIpc) is 3.59. The van der Waals surface area contributed by atoms with Crippen LogP contribution in [-0.4, -0.2) is 107 Å². The van der Waals surface area contributed by atoms with Crippen LogP contribution in [-0.2, 0) is 33.3 Å². The van der Waals surface area contributed by atoms with Gasteiger partial charge in [0.2, 0.25) is 0 Å². The van der Waals surface area contributed by atoms with Gasteiger partial charge in [0, 0.05) is 23.8 Å². The molecule has 3 aliphatic heterocycles. The van der Waals surface area contributed by atoms with Crippen LogP contribution in [0.5, 0.6) is 0 Å². The Labute approximate surface area is 249 Å². The minimum absolute atomic E-state index is 0.142. The maximum atomic E-state index is 13.2. The Hall–Kier alpha value is -1.89. The summed E-state index contributed by atoms with van der Waals surface area (Å²) in [5.41, 5.74) is -0.681. The maximum Gasteiger partial charge on any atom is 0.308 e. The Morgan fingerprint density at radius 1 is 1.12 bits per heavy atom. The normalized spacial score (nSPS) is 44.0. The summed E-state index contributed by atoms with van der Waals surface area (Å²) >= 11 is 0. The second-order valence-corrected chi connectivity index (χ2v) is 13.1. The molecule has 0 radical (unpaired) electrons. The van der Waals surface area contributed by atoms with Crippen LogP contribution in [0.3, 0.4) is 0 Å². The number of carboxylic acid groups (broad SMARTS) is 1. The zero-order valence-corrected chi connectivity index (χ0v) is 26.3. The molecule has 11 heteroatoms. The number of aliphatic carboxylic acids is 1. The van der Waals surface area contributed by atoms with Crippen LogP contribution in [0.15, 0.2) is 12.2 Å². The highest BCUT2D eigenvalue weighted by Crippen LogP contribution is 2.45. The van der Waals surface area contributed by atoms with E-state index in [-0.39, 0.29) is 49.2 Å². The van der Waals surface area contributed by atoms with E-state index in [9.17, 15) is 29.7 Å². The number of hydrogen-bond donors (Lipinski definition) is 3. The lowest BCUT2D eigenvalue weighted by molar-refractivity contribution is -0.283. The van der Waals surface area contributed by atoms with E-state index in [1.165, 1.54) is 6.08 Å². The number of likely N-dealkylation sites (N-methyl/N-ethyl adjacent to an activating group) is 1. The first-order chi connectivity index (χ1) is 19.6. The zero-order chi connectivity index (χ0) is 31.5. The van der Waals surface area contributed by atoms with E-state index in [0.29, 0.717) is 12.8 Å². The van der Waals surface area contributed by atoms with E-state index in [1.54, 1.807) is 19.9 Å². The molecule has 0 spiro atoms. The summed E-state index contributed by atoms with van der Waals surface area (Å²) < 4.78 is 24.1. The molecule has 0 saturated carbocycles. The Morgan fingerprint density at radius 3 is 2.38 bits per heavy atom. The summed E-state index contributed by atoms with van der Waals surface area (Å²) in [7, 11) is 3.70. The molecule has 0 aromatic rings. The number of ether oxygens (including phenoxy) is 4. The molecule has 3 aliphatic rings. The standard InChI is InChI=1S/C31H51NO10/c1-9-24-19(5)29-31(6,42-29)11-10-22(33)16(2)12-20(14-25(35)36)28(18(4)23(34)15-26(37)40-24)41-30-27(38)21(32(7)8)13-17(3)39-30/h10-11,16-21,23-24,27-30,34,38H,9,12-15H2,1-8H3,(H,35,36). The largest absolute Gasteiger partial charge is 0.481 e. The van der Waals surface area contributed by atoms with E-state index in [1.807, 2.05) is 46.7 Å². The molecule has 2 saturated heterocycles. The van der Waals surface area contributed by atoms with Gasteiger partial charge in [0.1, 0.15) is 17.8 Å². The first-order valence-corrected chi connectivity index (χ1v) is 15.2. The van der Waals surface area contributed by atoms with Gasteiger partial charge in [0.25, 0.3) is 0 Å². The third kappa shape index (κ3) is 8.39. The molecule has 13 atom stereocenters. The molecule has 240 valence electrons. The lowest BCUT2D eigenvalue weighted by Crippen LogP contribution is -2.56. The highest BCUT2D eigenvalue weighted by Gasteiger charge is 2.55. The van der Waals surface area contributed by atoms with Crippen LogP contribution in [0.2, 0.25) is 0 Å². The number of carbonyl (C=O) groups is 3. The van der Waals surface area contributed by atoms with Crippen molar-refractivity contribution in [1.82, 2.24) is 4.90 Å². The molecule has 0 amide bonds. The van der Waals surface area contributed by atoms with E-state index in [2.05, 4.69) is 0 Å². The molecule has 0 aromatic carbocycles. The third-order valence-electron chi connectivity index (χ3n) is 9.33. The number of cyclic esters (lactones) is 1. The van der Waals surface area contributed by atoms with Gasteiger partial charge in [0.05, 0.1) is 37.3 Å². The number of ketones is 1. The topological polar surface area (TPSA) is 155 Å². The molecule has 0 aliphatic carbocycles. The summed E-state index contributed by atoms with van der Waals surface area (Å²) in [6.07, 6.45) is -1.49. The van der Waals surface area contributed by atoms with Gasteiger partial charge in [-0.25, -0.2) is 0 Å². The Morgan fingerprint density at radius 2 is 1.79 bits per heavy atom. The minimum atomic E-state index is -1.24. The predicted octanol–water partition coefficient (Wildman–Crippen LogP) is 2.56.